The first-order valence-corrected chi connectivity index (χ1v) is 5.21. The molecule has 0 aliphatic heterocycles. The predicted molar refractivity (Wildman–Crippen MR) is 58.0 cm³/mol. The maximum Gasteiger partial charge on any atom is 0.303 e. The van der Waals surface area contributed by atoms with E-state index in [0.717, 1.165) is 6.92 Å². The second-order valence-electron chi connectivity index (χ2n) is 3.46. The van der Waals surface area contributed by atoms with Crippen LogP contribution in [0.2, 0.25) is 0 Å². The molecule has 0 N–H and O–H groups in total. The molecule has 100 valence electrons. The highest BCUT2D eigenvalue weighted by molar-refractivity contribution is 5.68. The first-order chi connectivity index (χ1) is 8.36. The summed E-state index contributed by atoms with van der Waals surface area (Å²) in [6, 6.07) is 1.81. The molecule has 0 radical (unpaired) electrons. The van der Waals surface area contributed by atoms with Gasteiger partial charge in [0.25, 0.3) is 0 Å². The number of ether oxygens (including phenoxy) is 3. The number of nitriles is 1. The van der Waals surface area contributed by atoms with Crippen molar-refractivity contribution in [2.45, 2.75) is 39.4 Å². The fourth-order valence-electron chi connectivity index (χ4n) is 1.18. The average molecular weight is 257 g/mol. The lowest BCUT2D eigenvalue weighted by atomic mass is 10.1. The first kappa shape index (κ1) is 15.9. The second kappa shape index (κ2) is 8.06. The largest absolute Gasteiger partial charge is 0.462 e. The summed E-state index contributed by atoms with van der Waals surface area (Å²) in [7, 11) is 0. The molecule has 0 aliphatic rings. The van der Waals surface area contributed by atoms with Crippen molar-refractivity contribution in [3.63, 3.8) is 0 Å². The number of carbonyl (C=O) groups is 3. The highest BCUT2D eigenvalue weighted by Gasteiger charge is 2.28. The van der Waals surface area contributed by atoms with Gasteiger partial charge in [-0.05, 0) is 0 Å². The highest BCUT2D eigenvalue weighted by Crippen LogP contribution is 2.10. The summed E-state index contributed by atoms with van der Waals surface area (Å²) in [5.41, 5.74) is 0. The fourth-order valence-corrected chi connectivity index (χ4v) is 1.18. The van der Waals surface area contributed by atoms with Crippen LogP contribution in [0.15, 0.2) is 0 Å². The van der Waals surface area contributed by atoms with Gasteiger partial charge in [-0.1, -0.05) is 0 Å². The third kappa shape index (κ3) is 7.22. The van der Waals surface area contributed by atoms with E-state index in [2.05, 4.69) is 0 Å². The van der Waals surface area contributed by atoms with Crippen molar-refractivity contribution in [2.75, 3.05) is 6.61 Å². The number of hydrogen-bond donors (Lipinski definition) is 0. The normalized spacial score (nSPS) is 12.8. The summed E-state index contributed by atoms with van der Waals surface area (Å²) in [5, 5.41) is 8.62. The number of carbonyl (C=O) groups excluding carboxylic acids is 3. The van der Waals surface area contributed by atoms with Gasteiger partial charge >= 0.3 is 17.9 Å². The quantitative estimate of drug-likeness (QED) is 0.498. The van der Waals surface area contributed by atoms with Crippen molar-refractivity contribution in [3.05, 3.63) is 0 Å². The topological polar surface area (TPSA) is 103 Å². The maximum atomic E-state index is 10.9. The van der Waals surface area contributed by atoms with Crippen LogP contribution < -0.4 is 0 Å². The summed E-state index contributed by atoms with van der Waals surface area (Å²) < 4.78 is 14.4. The number of nitrogens with zero attached hydrogens (tertiary/aromatic N) is 1. The maximum absolute atomic E-state index is 10.9. The molecule has 7 heteroatoms. The molecule has 2 atom stereocenters. The Labute approximate surface area is 105 Å². The van der Waals surface area contributed by atoms with Crippen LogP contribution in [0.25, 0.3) is 0 Å². The lowest BCUT2D eigenvalue weighted by Crippen LogP contribution is -2.38. The predicted octanol–water partition coefficient (Wildman–Crippen LogP) is 0.327. The molecular weight excluding hydrogens is 242 g/mol. The van der Waals surface area contributed by atoms with Crippen molar-refractivity contribution in [1.29, 1.82) is 5.26 Å². The van der Waals surface area contributed by atoms with Crippen molar-refractivity contribution >= 4 is 17.9 Å². The second-order valence-corrected chi connectivity index (χ2v) is 3.46. The van der Waals surface area contributed by atoms with Crippen molar-refractivity contribution in [1.82, 2.24) is 0 Å². The van der Waals surface area contributed by atoms with E-state index in [4.69, 9.17) is 19.5 Å². The molecule has 2 unspecified atom stereocenters. The molecule has 0 saturated heterocycles. The van der Waals surface area contributed by atoms with Gasteiger partial charge in [0.2, 0.25) is 0 Å². The summed E-state index contributed by atoms with van der Waals surface area (Å²) in [6.45, 7) is 3.25. The van der Waals surface area contributed by atoms with Gasteiger partial charge in [0, 0.05) is 20.8 Å². The van der Waals surface area contributed by atoms with E-state index in [1.54, 1.807) is 6.07 Å². The Bertz CT molecular complexity index is 359. The molecule has 0 aliphatic carbocycles. The van der Waals surface area contributed by atoms with Gasteiger partial charge in [0.15, 0.2) is 12.2 Å². The van der Waals surface area contributed by atoms with Crippen LogP contribution in [0.5, 0.6) is 0 Å². The van der Waals surface area contributed by atoms with E-state index >= 15 is 0 Å². The van der Waals surface area contributed by atoms with Gasteiger partial charge in [0.05, 0.1) is 12.5 Å². The van der Waals surface area contributed by atoms with Gasteiger partial charge in [0.1, 0.15) is 6.61 Å². The molecular formula is C11H15NO6. The lowest BCUT2D eigenvalue weighted by molar-refractivity contribution is -0.172. The van der Waals surface area contributed by atoms with Gasteiger partial charge in [-0.15, -0.1) is 0 Å². The van der Waals surface area contributed by atoms with Gasteiger partial charge < -0.3 is 14.2 Å². The van der Waals surface area contributed by atoms with Crippen LogP contribution in [0.3, 0.4) is 0 Å². The summed E-state index contributed by atoms with van der Waals surface area (Å²) >= 11 is 0. The van der Waals surface area contributed by atoms with Gasteiger partial charge in [-0.3, -0.25) is 14.4 Å². The number of hydrogen-bond acceptors (Lipinski definition) is 7. The molecule has 0 aromatic carbocycles. The van der Waals surface area contributed by atoms with E-state index in [-0.39, 0.29) is 13.0 Å². The van der Waals surface area contributed by atoms with Crippen LogP contribution in [0, 0.1) is 11.3 Å². The Kier molecular flexibility index (Phi) is 7.12. The Balaban J connectivity index is 4.72. The summed E-state index contributed by atoms with van der Waals surface area (Å²) in [5.74, 6) is -1.80. The van der Waals surface area contributed by atoms with Gasteiger partial charge in [-0.2, -0.15) is 5.26 Å². The van der Waals surface area contributed by atoms with Crippen LogP contribution in [-0.4, -0.2) is 36.7 Å². The molecule has 0 aromatic rings. The molecule has 0 fully saturated rings. The van der Waals surface area contributed by atoms with E-state index in [0.29, 0.717) is 0 Å². The third-order valence-corrected chi connectivity index (χ3v) is 1.79. The van der Waals surface area contributed by atoms with Crippen LogP contribution in [-0.2, 0) is 28.6 Å². The van der Waals surface area contributed by atoms with E-state index < -0.39 is 30.1 Å². The zero-order valence-electron chi connectivity index (χ0n) is 10.5. The standard InChI is InChI=1S/C11H15NO6/c1-7(13)16-6-11(18-9(3)15)10(4-5-12)17-8(2)14/h10-11H,4,6H2,1-3H3. The molecule has 0 amide bonds. The van der Waals surface area contributed by atoms with Crippen molar-refractivity contribution in [3.8, 4) is 6.07 Å². The number of rotatable bonds is 6. The van der Waals surface area contributed by atoms with Crippen molar-refractivity contribution < 1.29 is 28.6 Å². The summed E-state index contributed by atoms with van der Waals surface area (Å²) in [6.07, 6.45) is -2.12. The molecule has 0 saturated carbocycles. The number of esters is 3. The average Bonchev–Trinajstić information content (AvgIpc) is 2.22. The molecule has 0 bridgehead atoms. The Morgan fingerprint density at radius 2 is 1.50 bits per heavy atom. The van der Waals surface area contributed by atoms with Gasteiger partial charge in [-0.25, -0.2) is 0 Å². The zero-order chi connectivity index (χ0) is 14.1. The molecule has 0 rings (SSSR count). The van der Waals surface area contributed by atoms with Crippen LogP contribution in [0.4, 0.5) is 0 Å². The summed E-state index contributed by atoms with van der Waals surface area (Å²) in [4.78, 5) is 32.5. The molecule has 7 nitrogen and oxygen atoms in total. The minimum absolute atomic E-state index is 0.168. The first-order valence-electron chi connectivity index (χ1n) is 5.21. The molecule has 0 heterocycles. The van der Waals surface area contributed by atoms with Crippen LogP contribution >= 0.6 is 0 Å². The Morgan fingerprint density at radius 3 is 1.89 bits per heavy atom. The molecule has 0 aromatic heterocycles. The SMILES string of the molecule is CC(=O)OCC(OC(C)=O)C(CC#N)OC(C)=O. The van der Waals surface area contributed by atoms with E-state index in [1.807, 2.05) is 0 Å². The van der Waals surface area contributed by atoms with E-state index in [1.165, 1.54) is 13.8 Å². The molecule has 0 spiro atoms. The fraction of sp³-hybridized carbons (Fsp3) is 0.636. The van der Waals surface area contributed by atoms with E-state index in [9.17, 15) is 14.4 Å². The Morgan fingerprint density at radius 1 is 1.00 bits per heavy atom. The smallest absolute Gasteiger partial charge is 0.303 e. The van der Waals surface area contributed by atoms with Crippen molar-refractivity contribution in [2.24, 2.45) is 0 Å². The monoisotopic (exact) mass is 257 g/mol. The lowest BCUT2D eigenvalue weighted by Gasteiger charge is -2.24. The third-order valence-electron chi connectivity index (χ3n) is 1.79. The molecule has 18 heavy (non-hydrogen) atoms. The minimum Gasteiger partial charge on any atom is -0.462 e. The van der Waals surface area contributed by atoms with Crippen LogP contribution in [0.1, 0.15) is 27.2 Å². The zero-order valence-corrected chi connectivity index (χ0v) is 10.5. The minimum atomic E-state index is -0.991. The highest BCUT2D eigenvalue weighted by atomic mass is 16.6. The Hall–Kier alpha value is -2.10.